The summed E-state index contributed by atoms with van der Waals surface area (Å²) >= 11 is 8.44. The van der Waals surface area contributed by atoms with Gasteiger partial charge >= 0.3 is 0 Å². The predicted molar refractivity (Wildman–Crippen MR) is 98.8 cm³/mol. The van der Waals surface area contributed by atoms with Crippen LogP contribution in [-0.4, -0.2) is 15.0 Å². The van der Waals surface area contributed by atoms with Crippen molar-refractivity contribution in [2.24, 2.45) is 5.73 Å². The third-order valence-electron chi connectivity index (χ3n) is 3.54. The highest BCUT2D eigenvalue weighted by atomic mass is 32.2. The summed E-state index contributed by atoms with van der Waals surface area (Å²) in [6, 6.07) is 8.05. The van der Waals surface area contributed by atoms with Crippen LogP contribution in [0.2, 0.25) is 0 Å². The Morgan fingerprint density at radius 2 is 1.95 bits per heavy atom. The molecule has 112 valence electrons. The van der Waals surface area contributed by atoms with Gasteiger partial charge in [0.1, 0.15) is 21.2 Å². The first-order valence-corrected chi connectivity index (χ1v) is 8.99. The Morgan fingerprint density at radius 3 is 2.64 bits per heavy atom. The van der Waals surface area contributed by atoms with Crippen LogP contribution in [0.25, 0.3) is 10.2 Å². The Morgan fingerprint density at radius 1 is 1.23 bits per heavy atom. The highest BCUT2D eigenvalue weighted by molar-refractivity contribution is 7.98. The lowest BCUT2D eigenvalue weighted by molar-refractivity contribution is 1.10. The van der Waals surface area contributed by atoms with Crippen LogP contribution in [0, 0.1) is 13.8 Å². The fourth-order valence-corrected chi connectivity index (χ4v) is 4.39. The Labute approximate surface area is 143 Å². The minimum atomic E-state index is 0.432. The average Bonchev–Trinajstić information content (AvgIpc) is 2.81. The van der Waals surface area contributed by atoms with Crippen LogP contribution in [0.4, 0.5) is 0 Å². The zero-order valence-corrected chi connectivity index (χ0v) is 14.7. The molecule has 0 unspecified atom stereocenters. The summed E-state index contributed by atoms with van der Waals surface area (Å²) < 4.78 is 0. The minimum absolute atomic E-state index is 0.432. The quantitative estimate of drug-likeness (QED) is 0.435. The lowest BCUT2D eigenvalue weighted by Crippen LogP contribution is -2.08. The molecule has 3 aromatic rings. The number of thioether (sulfide) groups is 1. The van der Waals surface area contributed by atoms with Crippen LogP contribution in [0.15, 0.2) is 35.6 Å². The Balaban J connectivity index is 1.83. The normalized spacial score (nSPS) is 11.0. The number of aryl methyl sites for hydroxylation is 2. The van der Waals surface area contributed by atoms with E-state index in [2.05, 4.69) is 35.9 Å². The number of hydrogen-bond donors (Lipinski definition) is 1. The van der Waals surface area contributed by atoms with Gasteiger partial charge in [0.2, 0.25) is 0 Å². The van der Waals surface area contributed by atoms with Crippen molar-refractivity contribution in [3.8, 4) is 0 Å². The standard InChI is InChI=1S/C16H15N3S3/c1-9-10(2)22-16-13(9)15(18-8-19-16)21-7-11-3-5-12(6-4-11)14(17)20/h3-6,8H,7H2,1-2H3,(H2,17,20). The summed E-state index contributed by atoms with van der Waals surface area (Å²) in [5.41, 5.74) is 9.03. The molecule has 1 aromatic carbocycles. The fraction of sp³-hybridized carbons (Fsp3) is 0.188. The van der Waals surface area contributed by atoms with E-state index >= 15 is 0 Å². The lowest BCUT2D eigenvalue weighted by atomic mass is 10.1. The molecule has 0 aliphatic heterocycles. The second-order valence-corrected chi connectivity index (χ2v) is 7.60. The van der Waals surface area contributed by atoms with Gasteiger partial charge in [-0.15, -0.1) is 23.1 Å². The van der Waals surface area contributed by atoms with Crippen molar-refractivity contribution >= 4 is 50.5 Å². The molecule has 0 spiro atoms. The first-order valence-electron chi connectivity index (χ1n) is 6.78. The van der Waals surface area contributed by atoms with E-state index in [0.717, 1.165) is 21.2 Å². The van der Waals surface area contributed by atoms with E-state index in [1.165, 1.54) is 21.4 Å². The van der Waals surface area contributed by atoms with Gasteiger partial charge in [0, 0.05) is 21.6 Å². The van der Waals surface area contributed by atoms with E-state index in [1.807, 2.05) is 12.1 Å². The molecule has 0 radical (unpaired) electrons. The molecule has 0 saturated carbocycles. The van der Waals surface area contributed by atoms with Gasteiger partial charge in [-0.2, -0.15) is 0 Å². The van der Waals surface area contributed by atoms with Crippen LogP contribution in [-0.2, 0) is 5.75 Å². The molecule has 3 rings (SSSR count). The van der Waals surface area contributed by atoms with Gasteiger partial charge in [0.15, 0.2) is 0 Å². The maximum atomic E-state index is 5.62. The molecule has 2 aromatic heterocycles. The molecule has 6 heteroatoms. The van der Waals surface area contributed by atoms with Gasteiger partial charge < -0.3 is 5.73 Å². The van der Waals surface area contributed by atoms with Crippen LogP contribution in [0.1, 0.15) is 21.6 Å². The fourth-order valence-electron chi connectivity index (χ4n) is 2.18. The summed E-state index contributed by atoms with van der Waals surface area (Å²) in [5.74, 6) is 0.859. The molecule has 0 fully saturated rings. The molecule has 0 aliphatic carbocycles. The highest BCUT2D eigenvalue weighted by Gasteiger charge is 2.12. The lowest BCUT2D eigenvalue weighted by Gasteiger charge is -2.05. The number of hydrogen-bond acceptors (Lipinski definition) is 5. The molecule has 22 heavy (non-hydrogen) atoms. The molecular weight excluding hydrogens is 330 g/mol. The summed E-state index contributed by atoms with van der Waals surface area (Å²) in [6.07, 6.45) is 1.65. The van der Waals surface area contributed by atoms with Crippen LogP contribution in [0.5, 0.6) is 0 Å². The van der Waals surface area contributed by atoms with Crippen molar-refractivity contribution in [2.45, 2.75) is 24.6 Å². The van der Waals surface area contributed by atoms with Gasteiger partial charge in [0.25, 0.3) is 0 Å². The number of nitrogens with two attached hydrogens (primary N) is 1. The highest BCUT2D eigenvalue weighted by Crippen LogP contribution is 2.35. The SMILES string of the molecule is Cc1sc2ncnc(SCc3ccc(C(N)=S)cc3)c2c1C. The van der Waals surface area contributed by atoms with Gasteiger partial charge in [-0.05, 0) is 25.0 Å². The molecule has 2 N–H and O–H groups in total. The molecule has 0 aliphatic rings. The third kappa shape index (κ3) is 2.99. The van der Waals surface area contributed by atoms with Crippen molar-refractivity contribution in [2.75, 3.05) is 0 Å². The second-order valence-electron chi connectivity index (χ2n) is 4.99. The molecule has 0 bridgehead atoms. The smallest absolute Gasteiger partial charge is 0.128 e. The zero-order chi connectivity index (χ0) is 15.7. The largest absolute Gasteiger partial charge is 0.389 e. The third-order valence-corrected chi connectivity index (χ3v) is 5.96. The van der Waals surface area contributed by atoms with Gasteiger partial charge in [0.05, 0.1) is 0 Å². The van der Waals surface area contributed by atoms with E-state index in [0.29, 0.717) is 4.99 Å². The van der Waals surface area contributed by atoms with Gasteiger partial charge in [-0.3, -0.25) is 0 Å². The summed E-state index contributed by atoms with van der Waals surface area (Å²) in [4.78, 5) is 11.6. The van der Waals surface area contributed by atoms with E-state index < -0.39 is 0 Å². The van der Waals surface area contributed by atoms with Crippen LogP contribution >= 0.6 is 35.3 Å². The number of benzene rings is 1. The monoisotopic (exact) mass is 345 g/mol. The first-order chi connectivity index (χ1) is 10.6. The van der Waals surface area contributed by atoms with Crippen LogP contribution < -0.4 is 5.73 Å². The summed E-state index contributed by atoms with van der Waals surface area (Å²) in [5, 5.41) is 2.24. The van der Waals surface area contributed by atoms with Crippen molar-refractivity contribution in [1.82, 2.24) is 9.97 Å². The number of aromatic nitrogens is 2. The Hall–Kier alpha value is -1.50. The van der Waals surface area contributed by atoms with E-state index in [9.17, 15) is 0 Å². The van der Waals surface area contributed by atoms with Crippen molar-refractivity contribution in [1.29, 1.82) is 0 Å². The number of thiophene rings is 1. The summed E-state index contributed by atoms with van der Waals surface area (Å²) in [6.45, 7) is 4.27. The molecular formula is C16H15N3S3. The number of nitrogens with zero attached hydrogens (tertiary/aromatic N) is 2. The van der Waals surface area contributed by atoms with Crippen LogP contribution in [0.3, 0.4) is 0 Å². The van der Waals surface area contributed by atoms with Crippen molar-refractivity contribution < 1.29 is 0 Å². The molecule has 0 saturated heterocycles. The second kappa shape index (κ2) is 6.32. The Kier molecular flexibility index (Phi) is 4.42. The molecule has 0 atom stereocenters. The predicted octanol–water partition coefficient (Wildman–Crippen LogP) is 4.23. The molecule has 0 amide bonds. The maximum absolute atomic E-state index is 5.62. The topological polar surface area (TPSA) is 51.8 Å². The van der Waals surface area contributed by atoms with E-state index in [-0.39, 0.29) is 0 Å². The molecule has 2 heterocycles. The van der Waals surface area contributed by atoms with Crippen molar-refractivity contribution in [3.05, 3.63) is 52.2 Å². The van der Waals surface area contributed by atoms with E-state index in [4.69, 9.17) is 18.0 Å². The minimum Gasteiger partial charge on any atom is -0.389 e. The zero-order valence-electron chi connectivity index (χ0n) is 12.3. The molecule has 3 nitrogen and oxygen atoms in total. The Bertz CT molecular complexity index is 838. The van der Waals surface area contributed by atoms with Crippen molar-refractivity contribution in [3.63, 3.8) is 0 Å². The van der Waals surface area contributed by atoms with Gasteiger partial charge in [-0.25, -0.2) is 9.97 Å². The number of thiocarbonyl (C=S) groups is 1. The average molecular weight is 346 g/mol. The number of rotatable bonds is 4. The maximum Gasteiger partial charge on any atom is 0.128 e. The van der Waals surface area contributed by atoms with E-state index in [1.54, 1.807) is 29.4 Å². The van der Waals surface area contributed by atoms with Gasteiger partial charge in [-0.1, -0.05) is 36.5 Å². The summed E-state index contributed by atoms with van der Waals surface area (Å²) in [7, 11) is 0. The first kappa shape index (κ1) is 15.4. The number of fused-ring (bicyclic) bond motifs is 1.